The summed E-state index contributed by atoms with van der Waals surface area (Å²) in [7, 11) is 1.67. The number of benzene rings is 2. The number of carbonyl (C=O) groups excluding carboxylic acids is 1. The zero-order valence-electron chi connectivity index (χ0n) is 13.4. The summed E-state index contributed by atoms with van der Waals surface area (Å²) in [6, 6.07) is 13.5. The van der Waals surface area contributed by atoms with Gasteiger partial charge in [-0.05, 0) is 53.3 Å². The summed E-state index contributed by atoms with van der Waals surface area (Å²) < 4.78 is 5.35. The van der Waals surface area contributed by atoms with Gasteiger partial charge in [0.05, 0.1) is 19.1 Å². The van der Waals surface area contributed by atoms with Gasteiger partial charge in [0.2, 0.25) is 0 Å². The Labute approximate surface area is 140 Å². The van der Waals surface area contributed by atoms with Crippen molar-refractivity contribution in [1.29, 1.82) is 0 Å². The molecule has 122 valence electrons. The summed E-state index contributed by atoms with van der Waals surface area (Å²) in [5.74, 6) is 0.291. The van der Waals surface area contributed by atoms with E-state index in [4.69, 9.17) is 4.74 Å². The molecule has 2 aromatic carbocycles. The molecule has 0 radical (unpaired) electrons. The van der Waals surface area contributed by atoms with Crippen molar-refractivity contribution in [1.82, 2.24) is 0 Å². The smallest absolute Gasteiger partial charge is 0.119 e. The Morgan fingerprint density at radius 3 is 2.92 bits per heavy atom. The number of nitrogens with one attached hydrogen (secondary N) is 1. The molecule has 4 nitrogen and oxygen atoms in total. The van der Waals surface area contributed by atoms with Gasteiger partial charge < -0.3 is 20.0 Å². The standard InChI is InChI=1S/C20H19NO3/c1-24-14-5-2-4-12(10-14)19-16-7-3-6-15(16)17-11-13(20(22)23)8-9-18(17)21-19/h2-6,8-11,15-16,19,21H,7H2,1H3,(H,22,23)/p-1/t15-,16+,19+/m0/s1. The molecular weight excluding hydrogens is 302 g/mol. The fourth-order valence-corrected chi connectivity index (χ4v) is 3.89. The van der Waals surface area contributed by atoms with Crippen molar-refractivity contribution in [2.75, 3.05) is 12.4 Å². The van der Waals surface area contributed by atoms with Crippen molar-refractivity contribution in [3.05, 3.63) is 71.3 Å². The van der Waals surface area contributed by atoms with Crippen LogP contribution in [0.4, 0.5) is 5.69 Å². The molecule has 1 aliphatic heterocycles. The van der Waals surface area contributed by atoms with E-state index in [-0.39, 0.29) is 17.5 Å². The number of aromatic carboxylic acids is 1. The average molecular weight is 320 g/mol. The van der Waals surface area contributed by atoms with Gasteiger partial charge >= 0.3 is 0 Å². The van der Waals surface area contributed by atoms with Crippen LogP contribution in [0.5, 0.6) is 5.75 Å². The number of hydrogen-bond donors (Lipinski definition) is 1. The van der Waals surface area contributed by atoms with E-state index >= 15 is 0 Å². The Kier molecular flexibility index (Phi) is 3.53. The number of hydrogen-bond acceptors (Lipinski definition) is 4. The molecule has 0 amide bonds. The van der Waals surface area contributed by atoms with E-state index in [0.29, 0.717) is 5.92 Å². The van der Waals surface area contributed by atoms with Crippen LogP contribution in [0.1, 0.15) is 39.9 Å². The van der Waals surface area contributed by atoms with Crippen LogP contribution < -0.4 is 15.2 Å². The average Bonchev–Trinajstić information content (AvgIpc) is 3.10. The van der Waals surface area contributed by atoms with E-state index in [1.807, 2.05) is 18.2 Å². The number of allylic oxidation sites excluding steroid dienone is 2. The Hall–Kier alpha value is -2.75. The molecule has 1 heterocycles. The third-order valence-corrected chi connectivity index (χ3v) is 5.05. The van der Waals surface area contributed by atoms with Crippen molar-refractivity contribution in [3.8, 4) is 5.75 Å². The number of ether oxygens (including phenoxy) is 1. The SMILES string of the molecule is COc1cccc([C@H]2Nc3ccc(C(=O)[O-])cc3[C@H]3C=CC[C@H]32)c1. The van der Waals surface area contributed by atoms with E-state index < -0.39 is 5.97 Å². The maximum atomic E-state index is 11.2. The lowest BCUT2D eigenvalue weighted by atomic mass is 9.76. The first kappa shape index (κ1) is 14.8. The van der Waals surface area contributed by atoms with Crippen molar-refractivity contribution >= 4 is 11.7 Å². The van der Waals surface area contributed by atoms with Gasteiger partial charge in [-0.2, -0.15) is 0 Å². The highest BCUT2D eigenvalue weighted by Gasteiger charge is 2.38. The lowest BCUT2D eigenvalue weighted by molar-refractivity contribution is -0.255. The number of carbonyl (C=O) groups is 1. The lowest BCUT2D eigenvalue weighted by Crippen LogP contribution is -2.30. The fourth-order valence-electron chi connectivity index (χ4n) is 3.89. The Bertz CT molecular complexity index is 827. The van der Waals surface area contributed by atoms with Gasteiger partial charge in [-0.15, -0.1) is 0 Å². The Morgan fingerprint density at radius 2 is 2.12 bits per heavy atom. The van der Waals surface area contributed by atoms with Crippen LogP contribution in [0.25, 0.3) is 0 Å². The van der Waals surface area contributed by atoms with Crippen LogP contribution in [0.15, 0.2) is 54.6 Å². The number of anilines is 1. The zero-order valence-corrected chi connectivity index (χ0v) is 13.4. The highest BCUT2D eigenvalue weighted by Crippen LogP contribution is 2.50. The molecule has 0 aromatic heterocycles. The largest absolute Gasteiger partial charge is 0.545 e. The van der Waals surface area contributed by atoms with Gasteiger partial charge in [0.1, 0.15) is 5.75 Å². The number of fused-ring (bicyclic) bond motifs is 3. The maximum absolute atomic E-state index is 11.2. The second-order valence-corrected chi connectivity index (χ2v) is 6.34. The summed E-state index contributed by atoms with van der Waals surface area (Å²) in [5, 5.41) is 14.8. The predicted octanol–water partition coefficient (Wildman–Crippen LogP) is 2.89. The zero-order chi connectivity index (χ0) is 16.7. The third-order valence-electron chi connectivity index (χ3n) is 5.05. The third kappa shape index (κ3) is 2.35. The monoisotopic (exact) mass is 320 g/mol. The predicted molar refractivity (Wildman–Crippen MR) is 90.1 cm³/mol. The first-order valence-corrected chi connectivity index (χ1v) is 8.10. The minimum Gasteiger partial charge on any atom is -0.545 e. The van der Waals surface area contributed by atoms with Gasteiger partial charge in [-0.25, -0.2) is 0 Å². The first-order chi connectivity index (χ1) is 11.7. The van der Waals surface area contributed by atoms with Crippen LogP contribution in [0.3, 0.4) is 0 Å². The van der Waals surface area contributed by atoms with Gasteiger partial charge in [0.25, 0.3) is 0 Å². The van der Waals surface area contributed by atoms with E-state index in [9.17, 15) is 9.90 Å². The van der Waals surface area contributed by atoms with E-state index in [1.54, 1.807) is 19.2 Å². The van der Waals surface area contributed by atoms with Crippen LogP contribution in [0, 0.1) is 5.92 Å². The van der Waals surface area contributed by atoms with E-state index in [2.05, 4.69) is 29.6 Å². The van der Waals surface area contributed by atoms with Gasteiger partial charge in [0, 0.05) is 11.6 Å². The molecule has 4 rings (SSSR count). The highest BCUT2D eigenvalue weighted by molar-refractivity contribution is 5.87. The molecule has 2 aromatic rings. The summed E-state index contributed by atoms with van der Waals surface area (Å²) in [6.45, 7) is 0. The lowest BCUT2D eigenvalue weighted by Gasteiger charge is -2.38. The van der Waals surface area contributed by atoms with Crippen LogP contribution in [-0.2, 0) is 0 Å². The summed E-state index contributed by atoms with van der Waals surface area (Å²) in [6.07, 6.45) is 5.34. The minimum atomic E-state index is -1.13. The van der Waals surface area contributed by atoms with E-state index in [0.717, 1.165) is 23.4 Å². The molecule has 0 fully saturated rings. The molecule has 3 atom stereocenters. The Morgan fingerprint density at radius 1 is 1.25 bits per heavy atom. The fraction of sp³-hybridized carbons (Fsp3) is 0.250. The van der Waals surface area contributed by atoms with Crippen molar-refractivity contribution in [3.63, 3.8) is 0 Å². The summed E-state index contributed by atoms with van der Waals surface area (Å²) >= 11 is 0. The molecule has 1 aliphatic carbocycles. The van der Waals surface area contributed by atoms with Crippen molar-refractivity contribution in [2.24, 2.45) is 5.92 Å². The molecule has 0 saturated carbocycles. The second-order valence-electron chi connectivity index (χ2n) is 6.34. The molecule has 24 heavy (non-hydrogen) atoms. The molecule has 0 unspecified atom stereocenters. The maximum Gasteiger partial charge on any atom is 0.119 e. The molecule has 0 saturated heterocycles. The van der Waals surface area contributed by atoms with E-state index in [1.165, 1.54) is 5.56 Å². The van der Waals surface area contributed by atoms with Crippen LogP contribution in [0.2, 0.25) is 0 Å². The summed E-state index contributed by atoms with van der Waals surface area (Å²) in [4.78, 5) is 11.2. The molecular formula is C20H18NO3-. The van der Waals surface area contributed by atoms with Crippen molar-refractivity contribution in [2.45, 2.75) is 18.4 Å². The Balaban J connectivity index is 1.76. The minimum absolute atomic E-state index is 0.168. The highest BCUT2D eigenvalue weighted by atomic mass is 16.5. The van der Waals surface area contributed by atoms with Gasteiger partial charge in [0.15, 0.2) is 0 Å². The van der Waals surface area contributed by atoms with Gasteiger partial charge in [-0.1, -0.05) is 30.4 Å². The van der Waals surface area contributed by atoms with Crippen LogP contribution >= 0.6 is 0 Å². The number of methoxy groups -OCH3 is 1. The summed E-state index contributed by atoms with van der Waals surface area (Å²) in [5.41, 5.74) is 3.44. The number of carboxylic acids is 1. The number of carboxylic acid groups (broad SMARTS) is 1. The van der Waals surface area contributed by atoms with Crippen LogP contribution in [-0.4, -0.2) is 13.1 Å². The molecule has 0 spiro atoms. The molecule has 4 heteroatoms. The molecule has 0 bridgehead atoms. The van der Waals surface area contributed by atoms with Crippen molar-refractivity contribution < 1.29 is 14.6 Å². The topological polar surface area (TPSA) is 61.4 Å². The second kappa shape index (κ2) is 5.71. The normalized spacial score (nSPS) is 24.0. The number of rotatable bonds is 3. The quantitative estimate of drug-likeness (QED) is 0.883. The van der Waals surface area contributed by atoms with Gasteiger partial charge in [-0.3, -0.25) is 0 Å². The first-order valence-electron chi connectivity index (χ1n) is 8.10. The molecule has 2 aliphatic rings. The molecule has 1 N–H and O–H groups in total.